The third-order valence-corrected chi connectivity index (χ3v) is 11.0. The second-order valence-electron chi connectivity index (χ2n) is 9.40. The average molecular weight is 595 g/mol. The smallest absolute Gasteiger partial charge is 0.273 e. The zero-order valence-electron chi connectivity index (χ0n) is 22.6. The zero-order valence-corrected chi connectivity index (χ0v) is 24.3. The van der Waals surface area contributed by atoms with E-state index in [0.29, 0.717) is 27.3 Å². The molecule has 0 aliphatic carbocycles. The van der Waals surface area contributed by atoms with Crippen LogP contribution in [0, 0.1) is 6.92 Å². The summed E-state index contributed by atoms with van der Waals surface area (Å²) in [5.41, 5.74) is 4.35. The quantitative estimate of drug-likeness (QED) is 0.126. The predicted molar refractivity (Wildman–Crippen MR) is 166 cm³/mol. The van der Waals surface area contributed by atoms with Gasteiger partial charge in [0.1, 0.15) is 0 Å². The minimum atomic E-state index is -3.74. The summed E-state index contributed by atoms with van der Waals surface area (Å²) in [6.07, 6.45) is 0. The topological polar surface area (TPSA) is 117 Å². The van der Waals surface area contributed by atoms with Crippen molar-refractivity contribution in [2.45, 2.75) is 11.8 Å². The molecule has 0 unspecified atom stereocenters. The fourth-order valence-electron chi connectivity index (χ4n) is 4.36. The highest BCUT2D eigenvalue weighted by molar-refractivity contribution is 7.92. The fourth-order valence-corrected chi connectivity index (χ4v) is 8.27. The molecule has 42 heavy (non-hydrogen) atoms. The van der Waals surface area contributed by atoms with Crippen molar-refractivity contribution >= 4 is 50.4 Å². The molecule has 0 heterocycles. The molecule has 2 N–H and O–H groups in total. The first-order valence-electron chi connectivity index (χ1n) is 13.0. The molecule has 0 spiro atoms. The lowest BCUT2D eigenvalue weighted by Crippen LogP contribution is -2.31. The maximum atomic E-state index is 14.8. The number of benzene rings is 5. The number of nitrogens with zero attached hydrogens (tertiary/aromatic N) is 2. The van der Waals surface area contributed by atoms with Crippen LogP contribution in [0.15, 0.2) is 149 Å². The number of nitrogens with one attached hydrogen (secondary N) is 2. The Kier molecular flexibility index (Phi) is 8.43. The molecule has 0 aliphatic heterocycles. The minimum Gasteiger partial charge on any atom is -0.309 e. The van der Waals surface area contributed by atoms with Gasteiger partial charge in [0.2, 0.25) is 0 Å². The van der Waals surface area contributed by atoms with Gasteiger partial charge < -0.3 is 4.57 Å². The van der Waals surface area contributed by atoms with Gasteiger partial charge in [0.05, 0.1) is 16.1 Å². The van der Waals surface area contributed by atoms with E-state index in [0.717, 1.165) is 5.56 Å². The average Bonchev–Trinajstić information content (AvgIpc) is 3.02. The molecule has 10 heteroatoms. The third kappa shape index (κ3) is 6.22. The second-order valence-corrected chi connectivity index (χ2v) is 13.8. The van der Waals surface area contributed by atoms with E-state index in [2.05, 4.69) is 20.5 Å². The summed E-state index contributed by atoms with van der Waals surface area (Å²) in [6, 6.07) is 37.7. The predicted octanol–water partition coefficient (Wildman–Crippen LogP) is 5.86. The van der Waals surface area contributed by atoms with Gasteiger partial charge in [-0.15, -0.1) is 5.11 Å². The number of aryl methyl sites for hydroxylation is 1. The van der Waals surface area contributed by atoms with Crippen molar-refractivity contribution in [1.29, 1.82) is 0 Å². The van der Waals surface area contributed by atoms with Crippen LogP contribution in [-0.2, 0) is 14.6 Å². The molecule has 0 saturated carbocycles. The fraction of sp³-hybridized carbons (Fsp3) is 0.0312. The number of rotatable bonds is 9. The van der Waals surface area contributed by atoms with Crippen molar-refractivity contribution in [2.24, 2.45) is 10.3 Å². The Morgan fingerprint density at radius 1 is 0.690 bits per heavy atom. The first-order chi connectivity index (χ1) is 20.3. The number of carbonyl (C=O) groups excluding carboxylic acids is 1. The van der Waals surface area contributed by atoms with Crippen LogP contribution in [0.25, 0.3) is 0 Å². The summed E-state index contributed by atoms with van der Waals surface area (Å²) < 4.78 is 42.6. The molecule has 0 fully saturated rings. The Hall–Kier alpha value is -4.85. The highest BCUT2D eigenvalue weighted by Crippen LogP contribution is 2.43. The van der Waals surface area contributed by atoms with Crippen LogP contribution in [-0.4, -0.2) is 14.3 Å². The molecule has 5 aromatic rings. The monoisotopic (exact) mass is 594 g/mol. The highest BCUT2D eigenvalue weighted by atomic mass is 32.2. The van der Waals surface area contributed by atoms with Crippen LogP contribution in [0.4, 0.5) is 11.4 Å². The first-order valence-corrected chi connectivity index (χ1v) is 16.2. The van der Waals surface area contributed by atoms with E-state index in [4.69, 9.17) is 0 Å². The van der Waals surface area contributed by atoms with E-state index in [1.165, 1.54) is 0 Å². The molecule has 5 aromatic carbocycles. The van der Waals surface area contributed by atoms with Gasteiger partial charge in [-0.2, -0.15) is 0 Å². The Bertz CT molecular complexity index is 1840. The summed E-state index contributed by atoms with van der Waals surface area (Å²) in [7, 11) is -7.14. The van der Waals surface area contributed by atoms with Crippen LogP contribution in [0.2, 0.25) is 0 Å². The van der Waals surface area contributed by atoms with Crippen molar-refractivity contribution in [1.82, 2.24) is 5.43 Å². The molecule has 0 atom stereocenters. The van der Waals surface area contributed by atoms with Crippen LogP contribution >= 0.6 is 7.14 Å². The van der Waals surface area contributed by atoms with E-state index >= 15 is 0 Å². The van der Waals surface area contributed by atoms with Crippen molar-refractivity contribution in [2.75, 3.05) is 4.72 Å². The largest absolute Gasteiger partial charge is 0.309 e. The SMILES string of the molecule is Cc1ccc(S(=O)(=O)Nc2ccc(N=NNC(=O)c3ccccc3P(=O)(c3ccccc3)c3ccccc3)cc2)cc1. The standard InChI is InChI=1S/C32H27N4O4PS/c1-24-16-22-29(23-17-24)42(39,40)35-26-20-18-25(19-21-26)33-36-34-32(37)30-14-8-9-15-31(30)41(38,27-10-4-2-5-11-27)28-12-6-3-7-13-28/h2-23,35H,1H3,(H,33,34,37). The maximum absolute atomic E-state index is 14.8. The van der Waals surface area contributed by atoms with E-state index in [1.807, 2.05) is 43.3 Å². The molecule has 0 aromatic heterocycles. The normalized spacial score (nSPS) is 11.7. The van der Waals surface area contributed by atoms with Crippen molar-refractivity contribution in [3.63, 3.8) is 0 Å². The van der Waals surface area contributed by atoms with Gasteiger partial charge in [-0.1, -0.05) is 102 Å². The third-order valence-electron chi connectivity index (χ3n) is 6.50. The number of hydrogen-bond acceptors (Lipinski definition) is 6. The van der Waals surface area contributed by atoms with Gasteiger partial charge in [0, 0.05) is 21.6 Å². The van der Waals surface area contributed by atoms with Gasteiger partial charge in [-0.05, 0) is 49.4 Å². The van der Waals surface area contributed by atoms with Crippen LogP contribution in [0.1, 0.15) is 15.9 Å². The summed E-state index contributed by atoms with van der Waals surface area (Å²) in [5.74, 6) is -0.566. The van der Waals surface area contributed by atoms with E-state index in [9.17, 15) is 17.8 Å². The summed E-state index contributed by atoms with van der Waals surface area (Å²) in [4.78, 5) is 13.4. The number of sulfonamides is 1. The van der Waals surface area contributed by atoms with Gasteiger partial charge in [-0.3, -0.25) is 9.52 Å². The Labute approximate surface area is 244 Å². The summed E-state index contributed by atoms with van der Waals surface area (Å²) >= 11 is 0. The van der Waals surface area contributed by atoms with E-state index < -0.39 is 23.1 Å². The summed E-state index contributed by atoms with van der Waals surface area (Å²) in [6.45, 7) is 1.88. The zero-order chi connectivity index (χ0) is 29.6. The molecule has 0 radical (unpaired) electrons. The van der Waals surface area contributed by atoms with E-state index in [-0.39, 0.29) is 10.5 Å². The van der Waals surface area contributed by atoms with Gasteiger partial charge in [-0.25, -0.2) is 13.8 Å². The van der Waals surface area contributed by atoms with Crippen LogP contribution in [0.5, 0.6) is 0 Å². The van der Waals surface area contributed by atoms with Crippen LogP contribution in [0.3, 0.4) is 0 Å². The first kappa shape index (κ1) is 28.7. The highest BCUT2D eigenvalue weighted by Gasteiger charge is 2.33. The molecular formula is C32H27N4O4PS. The van der Waals surface area contributed by atoms with Gasteiger partial charge in [0.25, 0.3) is 15.9 Å². The Balaban J connectivity index is 1.34. The van der Waals surface area contributed by atoms with Crippen molar-refractivity contribution < 1.29 is 17.8 Å². The molecule has 1 amide bonds. The molecule has 5 rings (SSSR count). The van der Waals surface area contributed by atoms with Gasteiger partial charge >= 0.3 is 0 Å². The maximum Gasteiger partial charge on any atom is 0.273 e. The molecular weight excluding hydrogens is 567 g/mol. The lowest BCUT2D eigenvalue weighted by Gasteiger charge is -2.22. The molecule has 0 bridgehead atoms. The second kappa shape index (κ2) is 12.3. The minimum absolute atomic E-state index is 0.156. The van der Waals surface area contributed by atoms with Crippen LogP contribution < -0.4 is 26.1 Å². The van der Waals surface area contributed by atoms with Crippen molar-refractivity contribution in [3.8, 4) is 0 Å². The molecule has 0 aliphatic rings. The molecule has 8 nitrogen and oxygen atoms in total. The number of anilines is 1. The Morgan fingerprint density at radius 3 is 1.83 bits per heavy atom. The number of hydrogen-bond donors (Lipinski definition) is 2. The van der Waals surface area contributed by atoms with Crippen molar-refractivity contribution in [3.05, 3.63) is 145 Å². The van der Waals surface area contributed by atoms with E-state index in [1.54, 1.807) is 97.1 Å². The molecule has 210 valence electrons. The summed E-state index contributed by atoms with van der Waals surface area (Å²) in [5, 5.41) is 9.48. The Morgan fingerprint density at radius 2 is 1.24 bits per heavy atom. The lowest BCUT2D eigenvalue weighted by atomic mass is 10.2. The molecule has 0 saturated heterocycles. The lowest BCUT2D eigenvalue weighted by molar-refractivity contribution is 0.0953. The number of amides is 1. The van der Waals surface area contributed by atoms with Gasteiger partial charge in [0.15, 0.2) is 7.14 Å². The number of carbonyl (C=O) groups is 1.